The van der Waals surface area contributed by atoms with Crippen LogP contribution in [0.4, 0.5) is 4.39 Å². The largest absolute Gasteiger partial charge is 0.494 e. The van der Waals surface area contributed by atoms with Crippen molar-refractivity contribution in [2.24, 2.45) is 5.92 Å². The predicted molar refractivity (Wildman–Crippen MR) is 71.1 cm³/mol. The normalized spacial score (nSPS) is 12.1. The standard InChI is InChI=1S/C14H18FNO4/c1-8(2)13(14(18)19)16-12(17)7-9-4-5-11(20-3)10(15)6-9/h4-6,8,13H,7H2,1-3H3,(H,16,17)(H,18,19)/t13-/m1/s1. The molecule has 0 bridgehead atoms. The summed E-state index contributed by atoms with van der Waals surface area (Å²) in [5.74, 6) is -2.25. The third-order valence-corrected chi connectivity index (χ3v) is 2.83. The number of halogens is 1. The van der Waals surface area contributed by atoms with Gasteiger partial charge in [-0.3, -0.25) is 4.79 Å². The molecule has 110 valence electrons. The highest BCUT2D eigenvalue weighted by atomic mass is 19.1. The fraction of sp³-hybridized carbons (Fsp3) is 0.429. The quantitative estimate of drug-likeness (QED) is 0.831. The summed E-state index contributed by atoms with van der Waals surface area (Å²) in [7, 11) is 1.35. The maximum Gasteiger partial charge on any atom is 0.326 e. The Morgan fingerprint density at radius 3 is 2.50 bits per heavy atom. The van der Waals surface area contributed by atoms with Crippen LogP contribution in [0.3, 0.4) is 0 Å². The van der Waals surface area contributed by atoms with Crippen molar-refractivity contribution in [1.82, 2.24) is 5.32 Å². The molecule has 1 aromatic rings. The molecule has 0 aromatic heterocycles. The van der Waals surface area contributed by atoms with Gasteiger partial charge in [-0.2, -0.15) is 0 Å². The molecule has 2 N–H and O–H groups in total. The van der Waals surface area contributed by atoms with Gasteiger partial charge >= 0.3 is 5.97 Å². The van der Waals surface area contributed by atoms with Gasteiger partial charge in [-0.1, -0.05) is 19.9 Å². The van der Waals surface area contributed by atoms with E-state index in [4.69, 9.17) is 9.84 Å². The van der Waals surface area contributed by atoms with E-state index in [1.165, 1.54) is 19.2 Å². The highest BCUT2D eigenvalue weighted by Gasteiger charge is 2.23. The van der Waals surface area contributed by atoms with Gasteiger partial charge in [-0.25, -0.2) is 9.18 Å². The molecule has 0 heterocycles. The molecule has 0 aliphatic carbocycles. The number of hydrogen-bond acceptors (Lipinski definition) is 3. The molecule has 0 unspecified atom stereocenters. The lowest BCUT2D eigenvalue weighted by Crippen LogP contribution is -2.44. The van der Waals surface area contributed by atoms with Gasteiger partial charge < -0.3 is 15.2 Å². The van der Waals surface area contributed by atoms with E-state index in [1.54, 1.807) is 19.9 Å². The number of carboxylic acid groups (broad SMARTS) is 1. The monoisotopic (exact) mass is 283 g/mol. The fourth-order valence-corrected chi connectivity index (χ4v) is 1.74. The van der Waals surface area contributed by atoms with Crippen LogP contribution in [-0.2, 0) is 16.0 Å². The summed E-state index contributed by atoms with van der Waals surface area (Å²) in [4.78, 5) is 22.7. The summed E-state index contributed by atoms with van der Waals surface area (Å²) >= 11 is 0. The predicted octanol–water partition coefficient (Wildman–Crippen LogP) is 1.60. The summed E-state index contributed by atoms with van der Waals surface area (Å²) in [5.41, 5.74) is 0.452. The number of nitrogens with one attached hydrogen (secondary N) is 1. The average molecular weight is 283 g/mol. The highest BCUT2D eigenvalue weighted by Crippen LogP contribution is 2.18. The molecule has 0 saturated carbocycles. The molecule has 1 rings (SSSR count). The van der Waals surface area contributed by atoms with Crippen molar-refractivity contribution in [2.45, 2.75) is 26.3 Å². The summed E-state index contributed by atoms with van der Waals surface area (Å²) in [6.07, 6.45) is -0.0859. The van der Waals surface area contributed by atoms with Crippen LogP contribution in [0.1, 0.15) is 19.4 Å². The Balaban J connectivity index is 2.71. The molecular formula is C14H18FNO4. The third-order valence-electron chi connectivity index (χ3n) is 2.83. The zero-order valence-electron chi connectivity index (χ0n) is 11.6. The first-order chi connectivity index (χ1) is 9.35. The van der Waals surface area contributed by atoms with E-state index >= 15 is 0 Å². The van der Waals surface area contributed by atoms with E-state index in [-0.39, 0.29) is 18.1 Å². The zero-order valence-corrected chi connectivity index (χ0v) is 11.6. The van der Waals surface area contributed by atoms with Gasteiger partial charge in [0.2, 0.25) is 5.91 Å². The molecule has 0 radical (unpaired) electrons. The average Bonchev–Trinajstić information content (AvgIpc) is 2.35. The maximum absolute atomic E-state index is 13.5. The van der Waals surface area contributed by atoms with Crippen LogP contribution in [0, 0.1) is 11.7 Å². The van der Waals surface area contributed by atoms with E-state index in [0.29, 0.717) is 5.56 Å². The number of aliphatic carboxylic acids is 1. The number of carbonyl (C=O) groups excluding carboxylic acids is 1. The Morgan fingerprint density at radius 2 is 2.05 bits per heavy atom. The van der Waals surface area contributed by atoms with Crippen molar-refractivity contribution in [3.8, 4) is 5.75 Å². The maximum atomic E-state index is 13.5. The van der Waals surface area contributed by atoms with Crippen molar-refractivity contribution in [3.63, 3.8) is 0 Å². The van der Waals surface area contributed by atoms with E-state index in [1.807, 2.05) is 0 Å². The molecule has 1 amide bonds. The molecule has 0 saturated heterocycles. The van der Waals surface area contributed by atoms with Gasteiger partial charge in [0.15, 0.2) is 11.6 Å². The molecular weight excluding hydrogens is 265 g/mol. The topological polar surface area (TPSA) is 75.6 Å². The molecule has 20 heavy (non-hydrogen) atoms. The smallest absolute Gasteiger partial charge is 0.326 e. The van der Waals surface area contributed by atoms with Gasteiger partial charge in [-0.05, 0) is 23.6 Å². The molecule has 0 spiro atoms. The summed E-state index contributed by atoms with van der Waals surface area (Å²) in [6, 6.07) is 3.23. The number of rotatable bonds is 6. The van der Waals surface area contributed by atoms with Crippen molar-refractivity contribution in [1.29, 1.82) is 0 Å². The van der Waals surface area contributed by atoms with Crippen molar-refractivity contribution in [2.75, 3.05) is 7.11 Å². The molecule has 1 aromatic carbocycles. The van der Waals surface area contributed by atoms with Gasteiger partial charge in [0, 0.05) is 0 Å². The molecule has 0 aliphatic rings. The lowest BCUT2D eigenvalue weighted by atomic mass is 10.0. The Bertz CT molecular complexity index is 502. The van der Waals surface area contributed by atoms with Gasteiger partial charge in [-0.15, -0.1) is 0 Å². The van der Waals surface area contributed by atoms with Crippen LogP contribution in [0.2, 0.25) is 0 Å². The number of benzene rings is 1. The SMILES string of the molecule is COc1ccc(CC(=O)N[C@@H](C(=O)O)C(C)C)cc1F. The van der Waals surface area contributed by atoms with E-state index in [2.05, 4.69) is 5.32 Å². The van der Waals surface area contributed by atoms with Crippen molar-refractivity contribution in [3.05, 3.63) is 29.6 Å². The minimum absolute atomic E-state index is 0.0859. The molecule has 0 aliphatic heterocycles. The van der Waals surface area contributed by atoms with Gasteiger partial charge in [0.1, 0.15) is 6.04 Å². The second-order valence-corrected chi connectivity index (χ2v) is 4.77. The number of methoxy groups -OCH3 is 1. The Labute approximate surface area is 116 Å². The number of hydrogen-bond donors (Lipinski definition) is 2. The molecule has 5 nitrogen and oxygen atoms in total. The highest BCUT2D eigenvalue weighted by molar-refractivity contribution is 5.85. The second-order valence-electron chi connectivity index (χ2n) is 4.77. The van der Waals surface area contributed by atoms with Crippen LogP contribution < -0.4 is 10.1 Å². The minimum Gasteiger partial charge on any atom is -0.494 e. The van der Waals surface area contributed by atoms with Crippen LogP contribution in [0.5, 0.6) is 5.75 Å². The first-order valence-corrected chi connectivity index (χ1v) is 6.19. The number of ether oxygens (including phenoxy) is 1. The van der Waals surface area contributed by atoms with E-state index in [9.17, 15) is 14.0 Å². The van der Waals surface area contributed by atoms with E-state index in [0.717, 1.165) is 0 Å². The van der Waals surface area contributed by atoms with E-state index < -0.39 is 23.7 Å². The Morgan fingerprint density at radius 1 is 1.40 bits per heavy atom. The Hall–Kier alpha value is -2.11. The number of amides is 1. The summed E-state index contributed by atoms with van der Waals surface area (Å²) in [5, 5.41) is 11.4. The van der Waals surface area contributed by atoms with Crippen molar-refractivity contribution >= 4 is 11.9 Å². The van der Waals surface area contributed by atoms with Crippen LogP contribution in [0.15, 0.2) is 18.2 Å². The van der Waals surface area contributed by atoms with Crippen LogP contribution in [-0.4, -0.2) is 30.1 Å². The lowest BCUT2D eigenvalue weighted by molar-refractivity contribution is -0.143. The van der Waals surface area contributed by atoms with Crippen molar-refractivity contribution < 1.29 is 23.8 Å². The van der Waals surface area contributed by atoms with Gasteiger partial charge in [0.25, 0.3) is 0 Å². The van der Waals surface area contributed by atoms with Crippen LogP contribution >= 0.6 is 0 Å². The third kappa shape index (κ3) is 4.22. The number of carboxylic acids is 1. The zero-order chi connectivity index (χ0) is 15.3. The fourth-order valence-electron chi connectivity index (χ4n) is 1.74. The first kappa shape index (κ1) is 15.9. The van der Waals surface area contributed by atoms with Gasteiger partial charge in [0.05, 0.1) is 13.5 Å². The van der Waals surface area contributed by atoms with Crippen LogP contribution in [0.25, 0.3) is 0 Å². The molecule has 0 fully saturated rings. The lowest BCUT2D eigenvalue weighted by Gasteiger charge is -2.17. The number of carbonyl (C=O) groups is 2. The first-order valence-electron chi connectivity index (χ1n) is 6.19. The molecule has 6 heteroatoms. The molecule has 1 atom stereocenters. The summed E-state index contributed by atoms with van der Waals surface area (Å²) < 4.78 is 18.2. The summed E-state index contributed by atoms with van der Waals surface area (Å²) in [6.45, 7) is 3.40. The Kier molecular flexibility index (Phi) is 5.49. The minimum atomic E-state index is -1.09. The second kappa shape index (κ2) is 6.88.